The van der Waals surface area contributed by atoms with Crippen LogP contribution in [0.4, 0.5) is 4.39 Å². The van der Waals surface area contributed by atoms with Crippen molar-refractivity contribution in [2.75, 3.05) is 5.75 Å². The molecule has 0 fully saturated rings. The number of ketones is 1. The Morgan fingerprint density at radius 3 is 2.93 bits per heavy atom. The maximum Gasteiger partial charge on any atom is 0.192 e. The molecule has 0 atom stereocenters. The molecule has 0 aromatic heterocycles. The van der Waals surface area contributed by atoms with Gasteiger partial charge in [-0.25, -0.2) is 4.39 Å². The lowest BCUT2D eigenvalue weighted by molar-refractivity contribution is 0.103. The second-order valence-electron chi connectivity index (χ2n) is 3.27. The summed E-state index contributed by atoms with van der Waals surface area (Å²) in [6.07, 6.45) is 0. The molecule has 0 bridgehead atoms. The van der Waals surface area contributed by atoms with Gasteiger partial charge in [0.25, 0.3) is 0 Å². The maximum absolute atomic E-state index is 13.0. The van der Waals surface area contributed by atoms with Crippen LogP contribution in [0.1, 0.15) is 17.3 Å². The van der Waals surface area contributed by atoms with Crippen LogP contribution in [0.15, 0.2) is 33.7 Å². The van der Waals surface area contributed by atoms with E-state index < -0.39 is 5.82 Å². The van der Waals surface area contributed by atoms with E-state index in [9.17, 15) is 9.18 Å². The van der Waals surface area contributed by atoms with E-state index in [0.717, 1.165) is 4.90 Å². The molecule has 1 heterocycles. The van der Waals surface area contributed by atoms with Crippen molar-refractivity contribution in [1.29, 1.82) is 0 Å². The zero-order chi connectivity index (χ0) is 11.0. The summed E-state index contributed by atoms with van der Waals surface area (Å²) in [7, 11) is 0. The van der Waals surface area contributed by atoms with E-state index in [1.807, 2.05) is 0 Å². The second kappa shape index (κ2) is 3.99. The van der Waals surface area contributed by atoms with Crippen molar-refractivity contribution in [3.05, 3.63) is 40.2 Å². The first-order valence-corrected chi connectivity index (χ1v) is 5.78. The van der Waals surface area contributed by atoms with Crippen LogP contribution in [0.2, 0.25) is 0 Å². The Morgan fingerprint density at radius 1 is 1.53 bits per heavy atom. The van der Waals surface area contributed by atoms with Crippen LogP contribution in [-0.2, 0) is 0 Å². The van der Waals surface area contributed by atoms with Gasteiger partial charge >= 0.3 is 0 Å². The van der Waals surface area contributed by atoms with Gasteiger partial charge in [-0.1, -0.05) is 11.6 Å². The highest BCUT2D eigenvalue weighted by Crippen LogP contribution is 2.34. The maximum atomic E-state index is 13.0. The summed E-state index contributed by atoms with van der Waals surface area (Å²) in [6, 6.07) is 4.26. The fourth-order valence-corrected chi connectivity index (χ4v) is 2.79. The summed E-state index contributed by atoms with van der Waals surface area (Å²) in [5, 5.41) is 0.488. The van der Waals surface area contributed by atoms with Crippen molar-refractivity contribution in [2.45, 2.75) is 11.8 Å². The van der Waals surface area contributed by atoms with Crippen LogP contribution in [0, 0.1) is 5.82 Å². The van der Waals surface area contributed by atoms with Crippen molar-refractivity contribution in [3.63, 3.8) is 0 Å². The van der Waals surface area contributed by atoms with Crippen molar-refractivity contribution >= 4 is 29.1 Å². The Bertz CT molecular complexity index is 464. The first-order valence-electron chi connectivity index (χ1n) is 4.42. The molecule has 0 unspecified atom stereocenters. The van der Waals surface area contributed by atoms with Gasteiger partial charge in [-0.2, -0.15) is 0 Å². The van der Waals surface area contributed by atoms with Crippen molar-refractivity contribution in [3.8, 4) is 0 Å². The first-order chi connectivity index (χ1) is 7.09. The van der Waals surface area contributed by atoms with E-state index >= 15 is 0 Å². The molecule has 15 heavy (non-hydrogen) atoms. The van der Waals surface area contributed by atoms with Crippen LogP contribution in [0.3, 0.4) is 0 Å². The van der Waals surface area contributed by atoms with Gasteiger partial charge in [0.05, 0.1) is 0 Å². The molecule has 1 aromatic carbocycles. The lowest BCUT2D eigenvalue weighted by Crippen LogP contribution is -2.13. The topological polar surface area (TPSA) is 17.1 Å². The SMILES string of the molecule is C/C(Cl)=C1\CSc2ccc(F)cc2C1=O. The fraction of sp³-hybridized carbons (Fsp3) is 0.182. The van der Waals surface area contributed by atoms with E-state index in [1.54, 1.807) is 13.0 Å². The summed E-state index contributed by atoms with van der Waals surface area (Å²) in [4.78, 5) is 12.7. The molecular weight excluding hydrogens is 235 g/mol. The molecule has 0 saturated heterocycles. The minimum atomic E-state index is -0.392. The predicted molar refractivity (Wildman–Crippen MR) is 60.0 cm³/mol. The standard InChI is InChI=1S/C11H8ClFOS/c1-6(12)9-5-15-10-3-2-7(13)4-8(10)11(9)14/h2-4H,5H2,1H3/b9-6-. The smallest absolute Gasteiger partial charge is 0.192 e. The Hall–Kier alpha value is -0.800. The highest BCUT2D eigenvalue weighted by molar-refractivity contribution is 7.99. The number of thioether (sulfide) groups is 1. The van der Waals surface area contributed by atoms with Gasteiger partial charge in [0.1, 0.15) is 5.82 Å². The number of allylic oxidation sites excluding steroid dienone is 1. The number of hydrogen-bond donors (Lipinski definition) is 0. The number of fused-ring (bicyclic) bond motifs is 1. The summed E-state index contributed by atoms with van der Waals surface area (Å²) < 4.78 is 13.0. The van der Waals surface area contributed by atoms with Gasteiger partial charge in [0.15, 0.2) is 5.78 Å². The Balaban J connectivity index is 2.55. The van der Waals surface area contributed by atoms with Crippen LogP contribution in [0.25, 0.3) is 0 Å². The van der Waals surface area contributed by atoms with Gasteiger partial charge in [-0.05, 0) is 25.1 Å². The van der Waals surface area contributed by atoms with Crippen LogP contribution < -0.4 is 0 Å². The zero-order valence-corrected chi connectivity index (χ0v) is 9.58. The molecule has 1 aliphatic rings. The summed E-state index contributed by atoms with van der Waals surface area (Å²) in [5.41, 5.74) is 0.987. The number of halogens is 2. The number of carbonyl (C=O) groups is 1. The molecular formula is C11H8ClFOS. The number of hydrogen-bond acceptors (Lipinski definition) is 2. The lowest BCUT2D eigenvalue weighted by atomic mass is 10.0. The molecule has 0 spiro atoms. The molecule has 1 aromatic rings. The highest BCUT2D eigenvalue weighted by Gasteiger charge is 2.24. The van der Waals surface area contributed by atoms with Crippen molar-refractivity contribution < 1.29 is 9.18 Å². The molecule has 0 N–H and O–H groups in total. The normalized spacial score (nSPS) is 18.7. The quantitative estimate of drug-likeness (QED) is 0.647. The number of benzene rings is 1. The third kappa shape index (κ3) is 1.94. The lowest BCUT2D eigenvalue weighted by Gasteiger charge is -2.17. The van der Waals surface area contributed by atoms with Gasteiger partial charge in [-0.3, -0.25) is 4.79 Å². The molecule has 0 aliphatic carbocycles. The third-order valence-electron chi connectivity index (χ3n) is 2.25. The Morgan fingerprint density at radius 2 is 2.27 bits per heavy atom. The molecule has 4 heteroatoms. The predicted octanol–water partition coefficient (Wildman–Crippen LogP) is 3.63. The molecule has 0 radical (unpaired) electrons. The average molecular weight is 243 g/mol. The van der Waals surface area contributed by atoms with E-state index in [2.05, 4.69) is 0 Å². The summed E-state index contributed by atoms with van der Waals surface area (Å²) >= 11 is 7.32. The van der Waals surface area contributed by atoms with E-state index in [0.29, 0.717) is 21.9 Å². The molecule has 0 saturated carbocycles. The fourth-order valence-electron chi connectivity index (χ4n) is 1.44. The number of carbonyl (C=O) groups excluding carboxylic acids is 1. The molecule has 0 amide bonds. The number of rotatable bonds is 0. The van der Waals surface area contributed by atoms with E-state index in [-0.39, 0.29) is 5.78 Å². The number of Topliss-reactive ketones (excluding diaryl/α,β-unsaturated/α-hetero) is 1. The zero-order valence-electron chi connectivity index (χ0n) is 8.01. The molecule has 1 nitrogen and oxygen atoms in total. The van der Waals surface area contributed by atoms with Gasteiger partial charge in [0, 0.05) is 26.8 Å². The van der Waals surface area contributed by atoms with Crippen LogP contribution in [0.5, 0.6) is 0 Å². The third-order valence-corrected chi connectivity index (χ3v) is 3.58. The van der Waals surface area contributed by atoms with Gasteiger partial charge in [0.2, 0.25) is 0 Å². The summed E-state index contributed by atoms with van der Waals surface area (Å²) in [6.45, 7) is 1.68. The first kappa shape index (κ1) is 10.7. The largest absolute Gasteiger partial charge is 0.289 e. The Kier molecular flexibility index (Phi) is 2.85. The minimum Gasteiger partial charge on any atom is -0.289 e. The van der Waals surface area contributed by atoms with Crippen LogP contribution >= 0.6 is 23.4 Å². The molecule has 78 valence electrons. The van der Waals surface area contributed by atoms with Gasteiger partial charge < -0.3 is 0 Å². The Labute approximate surface area is 96.3 Å². The average Bonchev–Trinajstić information content (AvgIpc) is 2.19. The molecule has 2 rings (SSSR count). The van der Waals surface area contributed by atoms with Crippen LogP contribution in [-0.4, -0.2) is 11.5 Å². The highest BCUT2D eigenvalue weighted by atomic mass is 35.5. The van der Waals surface area contributed by atoms with E-state index in [4.69, 9.17) is 11.6 Å². The summed E-state index contributed by atoms with van der Waals surface area (Å²) in [5.74, 6) is 0.0132. The van der Waals surface area contributed by atoms with Gasteiger partial charge in [-0.15, -0.1) is 11.8 Å². The van der Waals surface area contributed by atoms with Crippen molar-refractivity contribution in [1.82, 2.24) is 0 Å². The monoisotopic (exact) mass is 242 g/mol. The van der Waals surface area contributed by atoms with Crippen molar-refractivity contribution in [2.24, 2.45) is 0 Å². The molecule has 1 aliphatic heterocycles. The second-order valence-corrected chi connectivity index (χ2v) is 4.85. The minimum absolute atomic E-state index is 0.157. The van der Waals surface area contributed by atoms with E-state index in [1.165, 1.54) is 23.9 Å².